The number of anilines is 1. The first-order valence-corrected chi connectivity index (χ1v) is 11.0. The number of aromatic nitrogens is 4. The number of nitrogens with one attached hydrogen (secondary N) is 1. The first-order chi connectivity index (χ1) is 14.0. The van der Waals surface area contributed by atoms with Gasteiger partial charge < -0.3 is 16.5 Å². The number of nitrogens with two attached hydrogens (primary N) is 2. The van der Waals surface area contributed by atoms with Gasteiger partial charge in [0.15, 0.2) is 11.6 Å². The predicted octanol–water partition coefficient (Wildman–Crippen LogP) is 1.37. The van der Waals surface area contributed by atoms with Crippen molar-refractivity contribution < 1.29 is 8.42 Å². The normalized spacial score (nSPS) is 15.6. The number of aromatic amines is 1. The number of fused-ring (bicyclic) bond motifs is 1. The van der Waals surface area contributed by atoms with Crippen LogP contribution in [0.3, 0.4) is 0 Å². The van der Waals surface area contributed by atoms with Crippen LogP contribution < -0.4 is 11.5 Å². The molecule has 0 aliphatic carbocycles. The van der Waals surface area contributed by atoms with Crippen LogP contribution in [0.5, 0.6) is 0 Å². The Labute approximate surface area is 168 Å². The standard InChI is InChI=1S/C19H23N7O2S/c20-8-3-11-29(27,28)26-9-6-13(7-10-26)16-12-22-18(21)17(23-16)19-24-14-4-1-2-5-15(14)25-19/h1-2,4-6,12H,3,7-11,20H2,(H2,21,22)(H,24,25). The minimum Gasteiger partial charge on any atom is -0.382 e. The van der Waals surface area contributed by atoms with E-state index in [9.17, 15) is 8.42 Å². The zero-order chi connectivity index (χ0) is 20.4. The van der Waals surface area contributed by atoms with Crippen LogP contribution in [-0.2, 0) is 10.0 Å². The van der Waals surface area contributed by atoms with E-state index < -0.39 is 10.0 Å². The lowest BCUT2D eigenvalue weighted by Crippen LogP contribution is -2.36. The second kappa shape index (κ2) is 7.90. The molecule has 9 nitrogen and oxygen atoms in total. The summed E-state index contributed by atoms with van der Waals surface area (Å²) in [5, 5.41) is 0. The third-order valence-corrected chi connectivity index (χ3v) is 6.84. The van der Waals surface area contributed by atoms with Gasteiger partial charge in [0, 0.05) is 13.1 Å². The highest BCUT2D eigenvalue weighted by Crippen LogP contribution is 2.27. The van der Waals surface area contributed by atoms with Crippen molar-refractivity contribution in [1.82, 2.24) is 24.2 Å². The van der Waals surface area contributed by atoms with Gasteiger partial charge >= 0.3 is 0 Å². The third-order valence-electron chi connectivity index (χ3n) is 4.92. The molecular formula is C19H23N7O2S. The number of benzene rings is 1. The largest absolute Gasteiger partial charge is 0.382 e. The number of hydrogen-bond acceptors (Lipinski definition) is 7. The van der Waals surface area contributed by atoms with Gasteiger partial charge in [0.1, 0.15) is 5.69 Å². The number of para-hydroxylation sites is 2. The van der Waals surface area contributed by atoms with E-state index in [1.54, 1.807) is 6.20 Å². The van der Waals surface area contributed by atoms with Gasteiger partial charge in [0.25, 0.3) is 0 Å². The summed E-state index contributed by atoms with van der Waals surface area (Å²) in [5.74, 6) is 0.917. The average Bonchev–Trinajstić information content (AvgIpc) is 3.17. The molecule has 0 bridgehead atoms. The topological polar surface area (TPSA) is 144 Å². The number of nitrogens with zero attached hydrogens (tertiary/aromatic N) is 4. The van der Waals surface area contributed by atoms with Gasteiger partial charge in [-0.1, -0.05) is 18.2 Å². The van der Waals surface area contributed by atoms with E-state index in [1.807, 2.05) is 30.3 Å². The molecule has 0 unspecified atom stereocenters. The van der Waals surface area contributed by atoms with Gasteiger partial charge in [-0.3, -0.25) is 0 Å². The minimum atomic E-state index is -3.29. The fourth-order valence-corrected chi connectivity index (χ4v) is 4.78. The summed E-state index contributed by atoms with van der Waals surface area (Å²) in [5.41, 5.74) is 15.3. The molecule has 0 atom stereocenters. The van der Waals surface area contributed by atoms with Gasteiger partial charge in [-0.2, -0.15) is 4.31 Å². The molecule has 1 aliphatic rings. The van der Waals surface area contributed by atoms with Crippen molar-refractivity contribution in [2.24, 2.45) is 5.73 Å². The first-order valence-electron chi connectivity index (χ1n) is 9.43. The van der Waals surface area contributed by atoms with Crippen LogP contribution in [0.25, 0.3) is 28.1 Å². The molecule has 1 aromatic carbocycles. The van der Waals surface area contributed by atoms with Crippen LogP contribution in [0.1, 0.15) is 18.5 Å². The maximum atomic E-state index is 12.3. The molecule has 3 heterocycles. The molecule has 0 fully saturated rings. The average molecular weight is 414 g/mol. The second-order valence-electron chi connectivity index (χ2n) is 6.89. The fraction of sp³-hybridized carbons (Fsp3) is 0.316. The molecule has 4 rings (SSSR count). The summed E-state index contributed by atoms with van der Waals surface area (Å²) >= 11 is 0. The zero-order valence-corrected chi connectivity index (χ0v) is 16.7. The van der Waals surface area contributed by atoms with Crippen LogP contribution in [0.15, 0.2) is 36.5 Å². The molecule has 0 amide bonds. The molecule has 5 N–H and O–H groups in total. The molecule has 10 heteroatoms. The monoisotopic (exact) mass is 413 g/mol. The van der Waals surface area contributed by atoms with Gasteiger partial charge in [0.05, 0.1) is 28.7 Å². The molecule has 29 heavy (non-hydrogen) atoms. The minimum absolute atomic E-state index is 0.0740. The summed E-state index contributed by atoms with van der Waals surface area (Å²) in [6.07, 6.45) is 4.51. The van der Waals surface area contributed by atoms with Crippen LogP contribution in [0, 0.1) is 0 Å². The highest BCUT2D eigenvalue weighted by Gasteiger charge is 2.25. The maximum absolute atomic E-state index is 12.3. The van der Waals surface area contributed by atoms with Crippen LogP contribution >= 0.6 is 0 Å². The van der Waals surface area contributed by atoms with E-state index in [-0.39, 0.29) is 11.6 Å². The predicted molar refractivity (Wildman–Crippen MR) is 113 cm³/mol. The van der Waals surface area contributed by atoms with E-state index in [1.165, 1.54) is 4.31 Å². The summed E-state index contributed by atoms with van der Waals surface area (Å²) < 4.78 is 26.2. The number of hydrogen-bond donors (Lipinski definition) is 3. The van der Waals surface area contributed by atoms with Crippen LogP contribution in [0.2, 0.25) is 0 Å². The molecule has 3 aromatic rings. The second-order valence-corrected chi connectivity index (χ2v) is 8.98. The van der Waals surface area contributed by atoms with E-state index in [0.29, 0.717) is 49.7 Å². The lowest BCUT2D eigenvalue weighted by Gasteiger charge is -2.25. The van der Waals surface area contributed by atoms with E-state index in [0.717, 1.165) is 16.6 Å². The molecule has 152 valence electrons. The lowest BCUT2D eigenvalue weighted by molar-refractivity contribution is 0.440. The van der Waals surface area contributed by atoms with Crippen molar-refractivity contribution in [3.63, 3.8) is 0 Å². The van der Waals surface area contributed by atoms with E-state index >= 15 is 0 Å². The SMILES string of the molecule is NCCCS(=O)(=O)N1CC=C(c2cnc(N)c(-c3nc4ccccc4[nH]3)n2)CC1. The Morgan fingerprint density at radius 2 is 2.03 bits per heavy atom. The first kappa shape index (κ1) is 19.5. The highest BCUT2D eigenvalue weighted by atomic mass is 32.2. The molecule has 0 saturated carbocycles. The maximum Gasteiger partial charge on any atom is 0.214 e. The molecule has 0 spiro atoms. The number of nitrogen functional groups attached to an aromatic ring is 1. The van der Waals surface area contributed by atoms with Crippen LogP contribution in [-0.4, -0.2) is 58.0 Å². The van der Waals surface area contributed by atoms with Gasteiger partial charge in [0.2, 0.25) is 10.0 Å². The quantitative estimate of drug-likeness (QED) is 0.553. The Morgan fingerprint density at radius 3 is 2.76 bits per heavy atom. The molecule has 1 aliphatic heterocycles. The van der Waals surface area contributed by atoms with E-state index in [4.69, 9.17) is 11.5 Å². The summed E-state index contributed by atoms with van der Waals surface area (Å²) in [6.45, 7) is 1.08. The highest BCUT2D eigenvalue weighted by molar-refractivity contribution is 7.89. The molecule has 0 saturated heterocycles. The lowest BCUT2D eigenvalue weighted by atomic mass is 10.1. The summed E-state index contributed by atoms with van der Waals surface area (Å²) in [6, 6.07) is 7.68. The zero-order valence-electron chi connectivity index (χ0n) is 15.9. The van der Waals surface area contributed by atoms with Crippen LogP contribution in [0.4, 0.5) is 5.82 Å². The molecule has 2 aromatic heterocycles. The van der Waals surface area contributed by atoms with Gasteiger partial charge in [-0.05, 0) is 37.1 Å². The Kier molecular flexibility index (Phi) is 5.31. The Hall–Kier alpha value is -2.82. The molecular weight excluding hydrogens is 390 g/mol. The summed E-state index contributed by atoms with van der Waals surface area (Å²) in [4.78, 5) is 16.7. The Balaban J connectivity index is 1.60. The van der Waals surface area contributed by atoms with Crippen molar-refractivity contribution in [3.8, 4) is 11.5 Å². The van der Waals surface area contributed by atoms with Crippen molar-refractivity contribution in [2.45, 2.75) is 12.8 Å². The van der Waals surface area contributed by atoms with Crippen molar-refractivity contribution in [3.05, 3.63) is 42.2 Å². The Bertz CT molecular complexity index is 1140. The summed E-state index contributed by atoms with van der Waals surface area (Å²) in [7, 11) is -3.29. The number of imidazole rings is 1. The van der Waals surface area contributed by atoms with Crippen molar-refractivity contribution in [1.29, 1.82) is 0 Å². The number of rotatable bonds is 6. The van der Waals surface area contributed by atoms with Gasteiger partial charge in [-0.15, -0.1) is 0 Å². The molecule has 0 radical (unpaired) electrons. The smallest absolute Gasteiger partial charge is 0.214 e. The number of H-pyrrole nitrogens is 1. The van der Waals surface area contributed by atoms with E-state index in [2.05, 4.69) is 19.9 Å². The van der Waals surface area contributed by atoms with Crippen molar-refractivity contribution in [2.75, 3.05) is 31.1 Å². The Morgan fingerprint density at radius 1 is 1.21 bits per heavy atom. The number of sulfonamides is 1. The van der Waals surface area contributed by atoms with Crippen molar-refractivity contribution >= 4 is 32.4 Å². The fourth-order valence-electron chi connectivity index (χ4n) is 3.32. The third kappa shape index (κ3) is 4.00. The van der Waals surface area contributed by atoms with Gasteiger partial charge in [-0.25, -0.2) is 23.4 Å².